The summed E-state index contributed by atoms with van der Waals surface area (Å²) in [6.45, 7) is 1.44. The van der Waals surface area contributed by atoms with Gasteiger partial charge >= 0.3 is 0 Å². The number of rotatable bonds is 7. The highest BCUT2D eigenvalue weighted by Crippen LogP contribution is 2.31. The van der Waals surface area contributed by atoms with Crippen molar-refractivity contribution in [2.24, 2.45) is 0 Å². The number of hydrogen-bond donors (Lipinski definition) is 2. The predicted molar refractivity (Wildman–Crippen MR) is 106 cm³/mol. The largest absolute Gasteiger partial charge is 0.490 e. The first kappa shape index (κ1) is 20.1. The molecule has 0 saturated carbocycles. The third kappa shape index (κ3) is 5.68. The molecule has 3 rings (SSSR count). The lowest BCUT2D eigenvalue weighted by atomic mass is 10.3. The first-order valence-electron chi connectivity index (χ1n) is 8.33. The fourth-order valence-corrected chi connectivity index (χ4v) is 4.85. The molecule has 2 N–H and O–H groups in total. The van der Waals surface area contributed by atoms with Crippen LogP contribution in [0.3, 0.4) is 0 Å². The molecule has 0 saturated heterocycles. The van der Waals surface area contributed by atoms with E-state index >= 15 is 0 Å². The van der Waals surface area contributed by atoms with Crippen molar-refractivity contribution >= 4 is 43.2 Å². The van der Waals surface area contributed by atoms with Gasteiger partial charge in [0, 0.05) is 40.2 Å². The van der Waals surface area contributed by atoms with Crippen LogP contribution in [0.2, 0.25) is 0 Å². The normalized spacial score (nSPS) is 13.8. The number of hydrogen-bond acceptors (Lipinski definition) is 6. The van der Waals surface area contributed by atoms with Crippen LogP contribution in [0.25, 0.3) is 0 Å². The standard InChI is InChI=1S/C17H19BrN2O5S2/c18-12-8-13(26-11-12)10-19-17(21)4-5-20-27(22,23)14-2-3-15-16(9-14)25-7-1-6-24-15/h2-3,8-9,11,20H,1,4-7,10H2,(H,19,21). The number of carbonyl (C=O) groups excluding carboxylic acids is 1. The van der Waals surface area contributed by atoms with Crippen LogP contribution in [-0.4, -0.2) is 34.1 Å². The van der Waals surface area contributed by atoms with Crippen LogP contribution in [0.4, 0.5) is 0 Å². The summed E-state index contributed by atoms with van der Waals surface area (Å²) >= 11 is 4.89. The maximum absolute atomic E-state index is 12.4. The van der Waals surface area contributed by atoms with Crippen LogP contribution >= 0.6 is 27.3 Å². The average Bonchev–Trinajstić information content (AvgIpc) is 2.91. The highest BCUT2D eigenvalue weighted by molar-refractivity contribution is 9.10. The van der Waals surface area contributed by atoms with E-state index in [4.69, 9.17) is 9.47 Å². The van der Waals surface area contributed by atoms with Gasteiger partial charge in [0.05, 0.1) is 24.7 Å². The molecule has 1 amide bonds. The minimum Gasteiger partial charge on any atom is -0.490 e. The fourth-order valence-electron chi connectivity index (χ4n) is 2.41. The molecule has 1 aromatic carbocycles. The Morgan fingerprint density at radius 1 is 1.19 bits per heavy atom. The molecule has 146 valence electrons. The average molecular weight is 475 g/mol. The van der Waals surface area contributed by atoms with E-state index < -0.39 is 10.0 Å². The second kappa shape index (κ2) is 9.05. The van der Waals surface area contributed by atoms with E-state index in [1.807, 2.05) is 11.4 Å². The molecule has 0 fully saturated rings. The molecule has 2 heterocycles. The molecule has 2 aromatic rings. The summed E-state index contributed by atoms with van der Waals surface area (Å²) in [5, 5.41) is 4.70. The van der Waals surface area contributed by atoms with Gasteiger partial charge in [-0.05, 0) is 34.1 Å². The Bertz CT molecular complexity index is 914. The highest BCUT2D eigenvalue weighted by Gasteiger charge is 2.18. The Morgan fingerprint density at radius 2 is 1.96 bits per heavy atom. The van der Waals surface area contributed by atoms with E-state index in [1.54, 1.807) is 6.07 Å². The molecular weight excluding hydrogens is 456 g/mol. The van der Waals surface area contributed by atoms with Crippen molar-refractivity contribution < 1.29 is 22.7 Å². The van der Waals surface area contributed by atoms with Gasteiger partial charge in [0.25, 0.3) is 0 Å². The summed E-state index contributed by atoms with van der Waals surface area (Å²) in [4.78, 5) is 13.0. The van der Waals surface area contributed by atoms with E-state index in [0.29, 0.717) is 31.3 Å². The number of fused-ring (bicyclic) bond motifs is 1. The van der Waals surface area contributed by atoms with Crippen LogP contribution in [0.15, 0.2) is 39.0 Å². The lowest BCUT2D eigenvalue weighted by molar-refractivity contribution is -0.121. The topological polar surface area (TPSA) is 93.7 Å². The molecule has 0 bridgehead atoms. The van der Waals surface area contributed by atoms with Crippen molar-refractivity contribution in [2.45, 2.75) is 24.3 Å². The zero-order valence-corrected chi connectivity index (χ0v) is 17.6. The van der Waals surface area contributed by atoms with Gasteiger partial charge in [-0.2, -0.15) is 0 Å². The van der Waals surface area contributed by atoms with E-state index in [9.17, 15) is 13.2 Å². The summed E-state index contributed by atoms with van der Waals surface area (Å²) in [5.74, 6) is 0.724. The van der Waals surface area contributed by atoms with Crippen molar-refractivity contribution in [2.75, 3.05) is 19.8 Å². The molecule has 0 unspecified atom stereocenters. The number of amides is 1. The van der Waals surface area contributed by atoms with Crippen molar-refractivity contribution in [3.05, 3.63) is 39.0 Å². The van der Waals surface area contributed by atoms with Gasteiger partial charge in [-0.15, -0.1) is 11.3 Å². The van der Waals surface area contributed by atoms with Crippen molar-refractivity contribution in [3.63, 3.8) is 0 Å². The van der Waals surface area contributed by atoms with Gasteiger partial charge in [0.1, 0.15) is 0 Å². The van der Waals surface area contributed by atoms with Crippen LogP contribution < -0.4 is 19.5 Å². The Balaban J connectivity index is 1.51. The first-order valence-corrected chi connectivity index (χ1v) is 11.5. The van der Waals surface area contributed by atoms with Crippen LogP contribution in [-0.2, 0) is 21.4 Å². The second-order valence-corrected chi connectivity index (χ2v) is 9.49. The summed E-state index contributed by atoms with van der Waals surface area (Å²) < 4.78 is 39.3. The molecule has 1 aliphatic rings. The second-order valence-electron chi connectivity index (χ2n) is 5.81. The quantitative estimate of drug-likeness (QED) is 0.643. The van der Waals surface area contributed by atoms with Gasteiger partial charge in [0.15, 0.2) is 11.5 Å². The SMILES string of the molecule is O=C(CCNS(=O)(=O)c1ccc2c(c1)OCCCO2)NCc1cc(Br)cs1. The van der Waals surface area contributed by atoms with E-state index in [-0.39, 0.29) is 23.8 Å². The van der Waals surface area contributed by atoms with Gasteiger partial charge in [-0.3, -0.25) is 4.79 Å². The summed E-state index contributed by atoms with van der Waals surface area (Å²) in [7, 11) is -3.73. The van der Waals surface area contributed by atoms with Crippen LogP contribution in [0, 0.1) is 0 Å². The van der Waals surface area contributed by atoms with Crippen molar-refractivity contribution in [1.82, 2.24) is 10.0 Å². The van der Waals surface area contributed by atoms with Gasteiger partial charge in [0.2, 0.25) is 15.9 Å². The maximum atomic E-state index is 12.4. The van der Waals surface area contributed by atoms with Gasteiger partial charge < -0.3 is 14.8 Å². The molecule has 27 heavy (non-hydrogen) atoms. The van der Waals surface area contributed by atoms with E-state index in [2.05, 4.69) is 26.0 Å². The van der Waals surface area contributed by atoms with Gasteiger partial charge in [-0.1, -0.05) is 0 Å². The lowest BCUT2D eigenvalue weighted by Gasteiger charge is -2.11. The molecule has 0 radical (unpaired) electrons. The summed E-state index contributed by atoms with van der Waals surface area (Å²) in [6, 6.07) is 6.42. The zero-order valence-electron chi connectivity index (χ0n) is 14.4. The smallest absolute Gasteiger partial charge is 0.240 e. The molecule has 10 heteroatoms. The third-order valence-corrected chi connectivity index (χ3v) is 6.91. The monoisotopic (exact) mass is 474 g/mol. The molecule has 0 atom stereocenters. The molecule has 0 spiro atoms. The minimum atomic E-state index is -3.73. The maximum Gasteiger partial charge on any atom is 0.240 e. The zero-order chi connectivity index (χ0) is 19.3. The van der Waals surface area contributed by atoms with Gasteiger partial charge in [-0.25, -0.2) is 13.1 Å². The molecule has 1 aliphatic heterocycles. The summed E-state index contributed by atoms with van der Waals surface area (Å²) in [5.41, 5.74) is 0. The highest BCUT2D eigenvalue weighted by atomic mass is 79.9. The fraction of sp³-hybridized carbons (Fsp3) is 0.353. The van der Waals surface area contributed by atoms with Crippen LogP contribution in [0.5, 0.6) is 11.5 Å². The Labute approximate surface area is 170 Å². The van der Waals surface area contributed by atoms with Crippen LogP contribution in [0.1, 0.15) is 17.7 Å². The first-order chi connectivity index (χ1) is 12.9. The number of carbonyl (C=O) groups is 1. The number of sulfonamides is 1. The summed E-state index contributed by atoms with van der Waals surface area (Å²) in [6.07, 6.45) is 0.795. The Morgan fingerprint density at radius 3 is 2.70 bits per heavy atom. The predicted octanol–water partition coefficient (Wildman–Crippen LogP) is 2.66. The number of thiophene rings is 1. The van der Waals surface area contributed by atoms with Crippen molar-refractivity contribution in [1.29, 1.82) is 0 Å². The number of benzene rings is 1. The Hall–Kier alpha value is -1.62. The number of halogens is 1. The van der Waals surface area contributed by atoms with E-state index in [1.165, 1.54) is 23.5 Å². The minimum absolute atomic E-state index is 0.0107. The molecular formula is C17H19BrN2O5S2. The number of ether oxygens (including phenoxy) is 2. The molecule has 7 nitrogen and oxygen atoms in total. The lowest BCUT2D eigenvalue weighted by Crippen LogP contribution is -2.30. The van der Waals surface area contributed by atoms with Crippen molar-refractivity contribution in [3.8, 4) is 11.5 Å². The molecule has 1 aromatic heterocycles. The number of nitrogens with one attached hydrogen (secondary N) is 2. The molecule has 0 aliphatic carbocycles. The van der Waals surface area contributed by atoms with E-state index in [0.717, 1.165) is 15.8 Å². The third-order valence-electron chi connectivity index (χ3n) is 3.75. The Kier molecular flexibility index (Phi) is 6.74.